The van der Waals surface area contributed by atoms with E-state index in [9.17, 15) is 25.2 Å². The normalized spacial score (nSPS) is 15.9. The lowest BCUT2D eigenvalue weighted by atomic mass is 10.1. The van der Waals surface area contributed by atoms with Gasteiger partial charge in [0, 0.05) is 19.3 Å². The lowest BCUT2D eigenvalue weighted by Crippen LogP contribution is -2.42. The van der Waals surface area contributed by atoms with Gasteiger partial charge in [-0.1, -0.05) is 59.3 Å². The maximum Gasteiger partial charge on any atom is 0.306 e. The zero-order valence-electron chi connectivity index (χ0n) is 18.8. The fourth-order valence-electron chi connectivity index (χ4n) is 3.34. The van der Waals surface area contributed by atoms with Gasteiger partial charge < -0.3 is 20.4 Å². The second kappa shape index (κ2) is 16.3. The van der Waals surface area contributed by atoms with E-state index in [0.717, 1.165) is 51.4 Å². The summed E-state index contributed by atoms with van der Waals surface area (Å²) in [5.74, 6) is -0.945. The van der Waals surface area contributed by atoms with Gasteiger partial charge in [-0.3, -0.25) is 9.28 Å². The highest BCUT2D eigenvalue weighted by molar-refractivity contribution is 5.69. The molecule has 0 bridgehead atoms. The van der Waals surface area contributed by atoms with E-state index in [4.69, 9.17) is 0 Å². The Hall–Kier alpha value is -1.53. The van der Waals surface area contributed by atoms with E-state index in [1.165, 1.54) is 0 Å². The number of carbonyl (C=O) groups is 1. The second-order valence-electron chi connectivity index (χ2n) is 8.16. The molecule has 6 heteroatoms. The molecule has 0 radical (unpaired) electrons. The molecular weight excluding hydrogens is 370 g/mol. The number of aliphatic hydroxyl groups excluding tert-OH is 3. The topological polar surface area (TPSA) is 98.0 Å². The maximum atomic E-state index is 11.2. The predicted octanol–water partition coefficient (Wildman–Crippen LogP) is 5.65. The van der Waals surface area contributed by atoms with E-state index >= 15 is 0 Å². The van der Waals surface area contributed by atoms with Gasteiger partial charge in [0.2, 0.25) is 0 Å². The minimum Gasteiger partial charge on any atom is -0.507 e. The minimum atomic E-state index is -0.868. The van der Waals surface area contributed by atoms with Crippen LogP contribution in [0.1, 0.15) is 91.4 Å². The average molecular weight is 415 g/mol. The number of aliphatic carboxylic acids is 1. The smallest absolute Gasteiger partial charge is 0.306 e. The Bertz CT molecular complexity index is 473. The highest BCUT2D eigenvalue weighted by Crippen LogP contribution is 2.21. The van der Waals surface area contributed by atoms with Crippen LogP contribution >= 0.6 is 0 Å². The first kappa shape index (κ1) is 27.5. The van der Waals surface area contributed by atoms with Gasteiger partial charge in [-0.25, -0.2) is 0 Å². The van der Waals surface area contributed by atoms with Crippen LogP contribution in [0.25, 0.3) is 0 Å². The molecule has 0 saturated heterocycles. The first-order valence-corrected chi connectivity index (χ1v) is 11.3. The van der Waals surface area contributed by atoms with Crippen LogP contribution in [-0.4, -0.2) is 50.6 Å². The molecule has 29 heavy (non-hydrogen) atoms. The average Bonchev–Trinajstić information content (AvgIpc) is 2.67. The van der Waals surface area contributed by atoms with E-state index in [0.29, 0.717) is 25.8 Å². The van der Waals surface area contributed by atoms with Gasteiger partial charge >= 0.3 is 5.97 Å². The fourth-order valence-corrected chi connectivity index (χ4v) is 3.34. The zero-order valence-corrected chi connectivity index (χ0v) is 18.8. The molecule has 4 N–H and O–H groups in total. The molecule has 0 aromatic heterocycles. The summed E-state index contributed by atoms with van der Waals surface area (Å²) in [7, 11) is 0. The largest absolute Gasteiger partial charge is 0.507 e. The third-order valence-electron chi connectivity index (χ3n) is 5.30. The molecule has 0 fully saturated rings. The van der Waals surface area contributed by atoms with Gasteiger partial charge in [0.05, 0.1) is 19.1 Å². The Balaban J connectivity index is 5.42. The van der Waals surface area contributed by atoms with Crippen molar-refractivity contribution in [2.45, 2.75) is 91.4 Å². The molecule has 0 rings (SSSR count). The summed E-state index contributed by atoms with van der Waals surface area (Å²) in [5, 5.41) is 39.8. The van der Waals surface area contributed by atoms with Crippen molar-refractivity contribution in [3.63, 3.8) is 0 Å². The number of carboxylic acid groups (broad SMARTS) is 1. The lowest BCUT2D eigenvalue weighted by molar-refractivity contribution is -0.831. The van der Waals surface area contributed by atoms with Gasteiger partial charge in [0.25, 0.3) is 0 Å². The minimum absolute atomic E-state index is 0.0628. The van der Waals surface area contributed by atoms with Gasteiger partial charge in [-0.15, -0.1) is 0 Å². The summed E-state index contributed by atoms with van der Waals surface area (Å²) in [5.41, 5.74) is 0. The molecule has 1 atom stereocenters. The summed E-state index contributed by atoms with van der Waals surface area (Å²) in [6.45, 7) is 6.48. The van der Waals surface area contributed by atoms with Crippen molar-refractivity contribution in [3.05, 3.63) is 23.9 Å². The highest BCUT2D eigenvalue weighted by Gasteiger charge is 2.27. The molecule has 0 aliphatic carbocycles. The van der Waals surface area contributed by atoms with E-state index in [2.05, 4.69) is 13.8 Å². The van der Waals surface area contributed by atoms with Crippen molar-refractivity contribution in [2.24, 2.45) is 5.92 Å². The molecular formula is C23H44NO5+. The molecule has 0 heterocycles. The predicted molar refractivity (Wildman–Crippen MR) is 117 cm³/mol. The Kier molecular flexibility index (Phi) is 15.4. The van der Waals surface area contributed by atoms with Crippen LogP contribution < -0.4 is 0 Å². The van der Waals surface area contributed by atoms with E-state index < -0.39 is 11.9 Å². The quantitative estimate of drug-likeness (QED) is 0.132. The molecule has 0 spiro atoms. The molecule has 0 saturated carbocycles. The van der Waals surface area contributed by atoms with E-state index in [1.807, 2.05) is 0 Å². The number of carboxylic acids is 1. The number of quaternary nitrogens is 1. The summed E-state index contributed by atoms with van der Waals surface area (Å²) in [6, 6.07) is 0. The Morgan fingerprint density at radius 2 is 1.31 bits per heavy atom. The van der Waals surface area contributed by atoms with Gasteiger partial charge in [0.15, 0.2) is 0 Å². The van der Waals surface area contributed by atoms with Crippen molar-refractivity contribution in [1.29, 1.82) is 0 Å². The Morgan fingerprint density at radius 3 is 1.69 bits per heavy atom. The summed E-state index contributed by atoms with van der Waals surface area (Å²) in [6.07, 6.45) is 13.2. The van der Waals surface area contributed by atoms with Crippen molar-refractivity contribution in [2.75, 3.05) is 19.7 Å². The van der Waals surface area contributed by atoms with Crippen LogP contribution in [0.15, 0.2) is 23.9 Å². The molecule has 0 aromatic rings. The van der Waals surface area contributed by atoms with Gasteiger partial charge in [-0.2, -0.15) is 0 Å². The van der Waals surface area contributed by atoms with Crippen LogP contribution in [0.4, 0.5) is 0 Å². The number of allylic oxidation sites excluding steroid dienone is 2. The van der Waals surface area contributed by atoms with Crippen LogP contribution in [0.3, 0.4) is 0 Å². The van der Waals surface area contributed by atoms with Crippen LogP contribution in [0.2, 0.25) is 0 Å². The van der Waals surface area contributed by atoms with E-state index in [1.54, 1.807) is 19.3 Å². The van der Waals surface area contributed by atoms with Crippen LogP contribution in [-0.2, 0) is 4.79 Å². The van der Waals surface area contributed by atoms with Crippen molar-refractivity contribution in [3.8, 4) is 0 Å². The van der Waals surface area contributed by atoms with Crippen molar-refractivity contribution < 1.29 is 29.7 Å². The van der Waals surface area contributed by atoms with Gasteiger partial charge in [-0.05, 0) is 12.8 Å². The number of rotatable bonds is 18. The first-order valence-electron chi connectivity index (χ1n) is 11.3. The summed E-state index contributed by atoms with van der Waals surface area (Å²) >= 11 is 0. The number of hydrogen-bond donors (Lipinski definition) is 4. The summed E-state index contributed by atoms with van der Waals surface area (Å²) in [4.78, 5) is 11.2. The molecule has 170 valence electrons. The molecule has 6 nitrogen and oxygen atoms in total. The number of hydrogen-bond acceptors (Lipinski definition) is 4. The molecule has 0 amide bonds. The third kappa shape index (κ3) is 13.3. The first-order chi connectivity index (χ1) is 13.8. The maximum absolute atomic E-state index is 11.2. The Morgan fingerprint density at radius 1 is 0.828 bits per heavy atom. The van der Waals surface area contributed by atoms with Crippen LogP contribution in [0, 0.1) is 5.92 Å². The second-order valence-corrected chi connectivity index (χ2v) is 8.16. The lowest BCUT2D eigenvalue weighted by Gasteiger charge is -2.31. The zero-order chi connectivity index (χ0) is 22.1. The van der Waals surface area contributed by atoms with E-state index in [-0.39, 0.29) is 29.2 Å². The number of nitrogens with zero attached hydrogens (tertiary/aromatic N) is 1. The third-order valence-corrected chi connectivity index (χ3v) is 5.30. The van der Waals surface area contributed by atoms with Crippen molar-refractivity contribution >= 4 is 5.97 Å². The molecule has 0 aliphatic rings. The van der Waals surface area contributed by atoms with Crippen molar-refractivity contribution in [1.82, 2.24) is 0 Å². The fraction of sp³-hybridized carbons (Fsp3) is 0.783. The molecule has 0 aromatic carbocycles. The summed E-state index contributed by atoms with van der Waals surface area (Å²) < 4.78 is 0.0628. The molecule has 1 unspecified atom stereocenters. The SMILES string of the molecule is CCCCCC/C(O)=C/[N+](/C=C(\O)CCCCCC)(CCO)CCC(C)C(=O)O. The monoisotopic (exact) mass is 414 g/mol. The molecule has 0 aliphatic heterocycles. The van der Waals surface area contributed by atoms with Gasteiger partial charge in [0.1, 0.15) is 30.5 Å². The number of aliphatic hydroxyl groups is 3. The Labute approximate surface area is 177 Å². The number of unbranched alkanes of at least 4 members (excludes halogenated alkanes) is 6. The van der Waals surface area contributed by atoms with Crippen LogP contribution in [0.5, 0.6) is 0 Å². The standard InChI is InChI=1S/C23H43NO5/c1-4-6-8-10-12-21(26)18-24(16-17-25,15-14-20(3)23(28)29)19-22(27)13-11-9-7-5-2/h18-20,25H,4-17H2,1-3H3,(H2-,26,27,28,29)/p+1/b21-18-,22-19-. The highest BCUT2D eigenvalue weighted by atomic mass is 16.4.